The summed E-state index contributed by atoms with van der Waals surface area (Å²) in [6.07, 6.45) is 17.7. The third kappa shape index (κ3) is 18.4. The number of anilines is 3. The van der Waals surface area contributed by atoms with Gasteiger partial charge in [0.2, 0.25) is 0 Å². The van der Waals surface area contributed by atoms with Crippen molar-refractivity contribution in [3.8, 4) is 69.2 Å². The largest absolute Gasteiger partial charge is 0.494 e. The number of aromatic nitrogens is 12. The molecule has 0 atom stereocenters. The van der Waals surface area contributed by atoms with Gasteiger partial charge in [0.05, 0.1) is 88.5 Å². The number of hydrogen-bond acceptors (Lipinski definition) is 18. The van der Waals surface area contributed by atoms with Gasteiger partial charge in [-0.05, 0) is 208 Å². The first-order valence-electron chi connectivity index (χ1n) is 38.0. The number of nitrogens with one attached hydrogen (secondary N) is 6. The van der Waals surface area contributed by atoms with Crippen molar-refractivity contribution in [2.45, 2.75) is 174 Å². The lowest BCUT2D eigenvalue weighted by atomic mass is 9.92. The normalized spacial score (nSPS) is 13.4. The number of benzene rings is 6. The van der Waals surface area contributed by atoms with Crippen LogP contribution in [0, 0.1) is 34.0 Å². The number of nitrogens with zero attached hydrogens (tertiary/aromatic N) is 12. The van der Waals surface area contributed by atoms with Gasteiger partial charge in [0.15, 0.2) is 5.82 Å². The molecule has 0 spiro atoms. The van der Waals surface area contributed by atoms with Gasteiger partial charge in [0, 0.05) is 101 Å². The minimum absolute atomic E-state index is 0.194. The van der Waals surface area contributed by atoms with Gasteiger partial charge >= 0.3 is 18.3 Å². The molecule has 6 N–H and O–H groups in total. The van der Waals surface area contributed by atoms with Gasteiger partial charge in [0.25, 0.3) is 0 Å². The fourth-order valence-electron chi connectivity index (χ4n) is 14.0. The van der Waals surface area contributed by atoms with Crippen LogP contribution in [-0.4, -0.2) is 116 Å². The molecule has 6 heterocycles. The Kier molecular flexibility index (Phi) is 24.6. The number of hydrogen-bond donors (Lipinski definition) is 6. The van der Waals surface area contributed by atoms with Crippen molar-refractivity contribution in [1.29, 1.82) is 15.8 Å². The molecule has 3 amide bonds. The Morgan fingerprint density at radius 1 is 0.486 bits per heavy atom. The van der Waals surface area contributed by atoms with Crippen LogP contribution in [-0.2, 0) is 33.5 Å². The molecule has 0 unspecified atom stereocenters. The van der Waals surface area contributed by atoms with Crippen LogP contribution >= 0.6 is 0 Å². The highest BCUT2D eigenvalue weighted by atomic mass is 16.6. The number of carbonyl (C=O) groups is 3. The second-order valence-corrected chi connectivity index (χ2v) is 28.5. The molecule has 3 aliphatic rings. The molecular formula is C84H90N18O9. The molecule has 3 fully saturated rings. The number of rotatable bonds is 27. The fraction of sp³-hybridized carbons (Fsp3) is 0.357. The number of amides is 3. The highest BCUT2D eigenvalue weighted by Crippen LogP contribution is 2.47. The quantitative estimate of drug-likeness (QED) is 0.0206. The predicted molar refractivity (Wildman–Crippen MR) is 421 cm³/mol. The number of aromatic amines is 3. The molecule has 0 bridgehead atoms. The smallest absolute Gasteiger partial charge is 0.411 e. The van der Waals surface area contributed by atoms with Crippen molar-refractivity contribution in [3.63, 3.8) is 0 Å². The minimum atomic E-state index is -0.492. The van der Waals surface area contributed by atoms with Crippen molar-refractivity contribution < 1.29 is 42.8 Å². The van der Waals surface area contributed by atoms with Gasteiger partial charge in [-0.1, -0.05) is 41.6 Å². The molecular weight excluding hydrogens is 1410 g/mol. The number of ether oxygens (including phenoxy) is 6. The van der Waals surface area contributed by atoms with Crippen molar-refractivity contribution in [1.82, 2.24) is 59.5 Å². The molecule has 0 saturated heterocycles. The maximum Gasteiger partial charge on any atom is 0.411 e. The lowest BCUT2D eigenvalue weighted by Crippen LogP contribution is -2.18. The molecule has 0 radical (unpaired) electrons. The van der Waals surface area contributed by atoms with Gasteiger partial charge < -0.3 is 47.1 Å². The molecule has 15 rings (SSSR count). The Morgan fingerprint density at radius 2 is 0.856 bits per heavy atom. The predicted octanol–water partition coefficient (Wildman–Crippen LogP) is 18.0. The van der Waals surface area contributed by atoms with Crippen LogP contribution in [0.3, 0.4) is 0 Å². The topological polar surface area (TPSA) is 354 Å². The molecule has 3 aliphatic carbocycles. The van der Waals surface area contributed by atoms with E-state index >= 15 is 0 Å². The molecule has 0 aliphatic heterocycles. The monoisotopic (exact) mass is 1490 g/mol. The number of carbonyl (C=O) groups excluding carboxylic acids is 3. The number of imidazole rings is 1. The Labute approximate surface area is 642 Å². The van der Waals surface area contributed by atoms with Gasteiger partial charge in [-0.3, -0.25) is 21.0 Å². The summed E-state index contributed by atoms with van der Waals surface area (Å²) in [7, 11) is 0. The van der Waals surface area contributed by atoms with Crippen molar-refractivity contribution in [2.75, 3.05) is 35.8 Å². The van der Waals surface area contributed by atoms with Crippen LogP contribution in [0.4, 0.5) is 31.4 Å². The van der Waals surface area contributed by atoms with Gasteiger partial charge in [-0.25, -0.2) is 24.4 Å². The Hall–Kier alpha value is -13.0. The number of aryl methyl sites for hydroxylation is 3. The lowest BCUT2D eigenvalue weighted by molar-refractivity contribution is 0.129. The summed E-state index contributed by atoms with van der Waals surface area (Å²) in [6.45, 7) is 12.5. The summed E-state index contributed by atoms with van der Waals surface area (Å²) in [5.41, 5.74) is 12.4. The van der Waals surface area contributed by atoms with E-state index in [0.29, 0.717) is 83.9 Å². The molecule has 570 valence electrons. The van der Waals surface area contributed by atoms with Crippen LogP contribution in [0.5, 0.6) is 17.2 Å². The molecule has 6 aromatic carbocycles. The Bertz CT molecular complexity index is 4760. The zero-order valence-electron chi connectivity index (χ0n) is 63.1. The second kappa shape index (κ2) is 35.8. The summed E-state index contributed by atoms with van der Waals surface area (Å²) >= 11 is 0. The second-order valence-electron chi connectivity index (χ2n) is 28.5. The zero-order valence-corrected chi connectivity index (χ0v) is 63.1. The standard InChI is InChI=1S/C29H31N5O3.C28H30N6O3.C27H29N7O3/c1-19(2)37-29(35)33-21-10-8-20(9-11-21)28-25(18-30)24-13-12-23(17-26(24)34(28)22-5-3-6-22)36-16-4-7-27-31-14-15-32-27;1-18(2)37-28(35)32-20-10-8-19(9-11-20)27-24(16-29)23-13-12-22(15-25(23)34(27)21-5-3-6-21)36-14-4-7-26-30-17-31-33-26;1-17(2)37-27(35)29-19-10-8-18(9-11-19)26-23(16-28)22-13-12-21(15-24(22)34(26)20-5-3-6-20)36-14-4-7-25-30-32-33-31-25/h8-15,17,19,22H,3-7,16H2,1-2H3,(H,31,32)(H,33,35);8-13,15,17-18,21H,3-7,14H2,1-2H3,(H,32,35)(H,30,31,33);8-13,15,17,20H,3-7,14H2,1-2H3,(H,29,35)(H,30,31,32,33). The van der Waals surface area contributed by atoms with Crippen molar-refractivity contribution >= 4 is 68.1 Å². The van der Waals surface area contributed by atoms with E-state index in [0.717, 1.165) is 166 Å². The van der Waals surface area contributed by atoms with Crippen LogP contribution in [0.15, 0.2) is 146 Å². The van der Waals surface area contributed by atoms with Crippen LogP contribution in [0.2, 0.25) is 0 Å². The summed E-state index contributed by atoms with van der Waals surface area (Å²) in [6, 6.07) is 48.9. The maximum absolute atomic E-state index is 12.0. The fourth-order valence-corrected chi connectivity index (χ4v) is 14.0. The Balaban J connectivity index is 0.000000146. The molecule has 12 aromatic rings. The lowest BCUT2D eigenvalue weighted by Gasteiger charge is -2.30. The van der Waals surface area contributed by atoms with E-state index in [4.69, 9.17) is 28.4 Å². The maximum atomic E-state index is 12.0. The number of fused-ring (bicyclic) bond motifs is 3. The highest BCUT2D eigenvalue weighted by molar-refractivity contribution is 5.99. The van der Waals surface area contributed by atoms with Crippen molar-refractivity contribution in [2.24, 2.45) is 0 Å². The first-order valence-corrected chi connectivity index (χ1v) is 38.0. The van der Waals surface area contributed by atoms with Crippen LogP contribution in [0.1, 0.15) is 171 Å². The van der Waals surface area contributed by atoms with E-state index < -0.39 is 18.3 Å². The average Bonchev–Trinajstić information content (AvgIpc) is 1.61. The first kappa shape index (κ1) is 76.2. The van der Waals surface area contributed by atoms with E-state index in [1.54, 1.807) is 33.9 Å². The third-order valence-electron chi connectivity index (χ3n) is 19.7. The molecule has 111 heavy (non-hydrogen) atoms. The van der Waals surface area contributed by atoms with Crippen LogP contribution in [0.25, 0.3) is 66.5 Å². The third-order valence-corrected chi connectivity index (χ3v) is 19.7. The first-order chi connectivity index (χ1) is 54.1. The van der Waals surface area contributed by atoms with Gasteiger partial charge in [0.1, 0.15) is 53.4 Å². The molecule has 6 aromatic heterocycles. The van der Waals surface area contributed by atoms with E-state index in [1.807, 2.05) is 141 Å². The van der Waals surface area contributed by atoms with Crippen molar-refractivity contribution in [3.05, 3.63) is 180 Å². The van der Waals surface area contributed by atoms with Crippen LogP contribution < -0.4 is 30.2 Å². The van der Waals surface area contributed by atoms with E-state index in [9.17, 15) is 30.2 Å². The van der Waals surface area contributed by atoms with Gasteiger partial charge in [-0.2, -0.15) is 26.1 Å². The number of nitriles is 3. The molecule has 27 heteroatoms. The zero-order chi connectivity index (χ0) is 77.3. The van der Waals surface area contributed by atoms with E-state index in [2.05, 4.69) is 99.7 Å². The van der Waals surface area contributed by atoms with Gasteiger partial charge in [-0.15, -0.1) is 10.2 Å². The molecule has 27 nitrogen and oxygen atoms in total. The SMILES string of the molecule is CC(C)OC(=O)Nc1ccc(-c2c(C#N)c3ccc(OCCCc4ncc[nH]4)cc3n2C2CCC2)cc1.CC(C)OC(=O)Nc1ccc(-c2c(C#N)c3ccc(OCCCc4ncn[nH]4)cc3n2C2CCC2)cc1.CC(C)OC(=O)Nc1ccc(-c2c(C#N)c3ccc(OCCCc4nn[nH]n4)cc3n2C2CCC2)cc1. The molecule has 3 saturated carbocycles. The highest BCUT2D eigenvalue weighted by Gasteiger charge is 2.32. The minimum Gasteiger partial charge on any atom is -0.494 e. The average molecular weight is 1500 g/mol. The summed E-state index contributed by atoms with van der Waals surface area (Å²) < 4.78 is 40.6. The van der Waals surface area contributed by atoms with E-state index in [-0.39, 0.29) is 18.3 Å². The number of H-pyrrole nitrogens is 3. The Morgan fingerprint density at radius 3 is 1.15 bits per heavy atom. The summed E-state index contributed by atoms with van der Waals surface area (Å²) in [4.78, 5) is 47.4. The summed E-state index contributed by atoms with van der Waals surface area (Å²) in [5.74, 6) is 4.81. The summed E-state index contributed by atoms with van der Waals surface area (Å²) in [5, 5.41) is 62.2. The number of tetrazole rings is 1. The van der Waals surface area contributed by atoms with E-state index in [1.165, 1.54) is 25.6 Å².